The molecule has 3 atom stereocenters. The Balaban J connectivity index is 1.66. The van der Waals surface area contributed by atoms with Crippen LogP contribution in [0.5, 0.6) is 0 Å². The first-order valence-electron chi connectivity index (χ1n) is 10.1. The van der Waals surface area contributed by atoms with Gasteiger partial charge < -0.3 is 10.2 Å². The lowest BCUT2D eigenvalue weighted by molar-refractivity contribution is -0.146. The summed E-state index contributed by atoms with van der Waals surface area (Å²) in [5, 5.41) is 2.74. The van der Waals surface area contributed by atoms with Crippen LogP contribution in [-0.2, 0) is 14.4 Å². The SMILES string of the molecule is CCN(CC)C(=O)c1ccc(NC(=O)[C@H](C)N2C(=O)[C@H]3CC=CC[C@H]3C2=O)cc1. The summed E-state index contributed by atoms with van der Waals surface area (Å²) in [5.41, 5.74) is 1.05. The molecule has 1 aliphatic heterocycles. The predicted molar refractivity (Wildman–Crippen MR) is 109 cm³/mol. The van der Waals surface area contributed by atoms with Crippen LogP contribution in [0.2, 0.25) is 0 Å². The molecule has 3 rings (SSSR count). The Kier molecular flexibility index (Phi) is 6.15. The lowest BCUT2D eigenvalue weighted by Gasteiger charge is -2.22. The molecule has 1 aromatic rings. The second-order valence-corrected chi connectivity index (χ2v) is 7.42. The number of hydrogen-bond acceptors (Lipinski definition) is 4. The van der Waals surface area contributed by atoms with Crippen molar-refractivity contribution < 1.29 is 19.2 Å². The van der Waals surface area contributed by atoms with Crippen LogP contribution in [0.4, 0.5) is 5.69 Å². The van der Waals surface area contributed by atoms with Gasteiger partial charge in [0.1, 0.15) is 6.04 Å². The number of rotatable bonds is 6. The van der Waals surface area contributed by atoms with E-state index in [0.717, 1.165) is 4.90 Å². The monoisotopic (exact) mass is 397 g/mol. The number of nitrogens with zero attached hydrogens (tertiary/aromatic N) is 2. The van der Waals surface area contributed by atoms with Gasteiger partial charge in [0.2, 0.25) is 17.7 Å². The molecule has 1 N–H and O–H groups in total. The quantitative estimate of drug-likeness (QED) is 0.590. The van der Waals surface area contributed by atoms with Gasteiger partial charge >= 0.3 is 0 Å². The maximum atomic E-state index is 12.7. The molecule has 0 spiro atoms. The predicted octanol–water partition coefficient (Wildman–Crippen LogP) is 2.45. The van der Waals surface area contributed by atoms with Crippen molar-refractivity contribution in [3.8, 4) is 0 Å². The minimum absolute atomic E-state index is 0.0641. The molecular weight excluding hydrogens is 370 g/mol. The Morgan fingerprint density at radius 1 is 1.03 bits per heavy atom. The number of likely N-dealkylation sites (tertiary alicyclic amines) is 1. The first kappa shape index (κ1) is 20.8. The molecule has 1 aliphatic carbocycles. The van der Waals surface area contributed by atoms with E-state index in [4.69, 9.17) is 0 Å². The topological polar surface area (TPSA) is 86.8 Å². The molecule has 0 bridgehead atoms. The van der Waals surface area contributed by atoms with Crippen LogP contribution < -0.4 is 5.32 Å². The smallest absolute Gasteiger partial charge is 0.253 e. The van der Waals surface area contributed by atoms with Gasteiger partial charge in [-0.15, -0.1) is 0 Å². The van der Waals surface area contributed by atoms with Crippen LogP contribution in [0.1, 0.15) is 44.0 Å². The van der Waals surface area contributed by atoms with Crippen molar-refractivity contribution in [1.82, 2.24) is 9.80 Å². The molecule has 1 fully saturated rings. The van der Waals surface area contributed by atoms with Crippen molar-refractivity contribution >= 4 is 29.3 Å². The fraction of sp³-hybridized carbons (Fsp3) is 0.455. The Hall–Kier alpha value is -2.96. The zero-order valence-corrected chi connectivity index (χ0v) is 17.1. The highest BCUT2D eigenvalue weighted by Crippen LogP contribution is 2.36. The molecule has 154 valence electrons. The van der Waals surface area contributed by atoms with E-state index < -0.39 is 11.9 Å². The average Bonchev–Trinajstić information content (AvgIpc) is 2.99. The normalized spacial score (nSPS) is 21.7. The fourth-order valence-electron chi connectivity index (χ4n) is 3.96. The summed E-state index contributed by atoms with van der Waals surface area (Å²) in [5.74, 6) is -1.74. The average molecular weight is 397 g/mol. The zero-order valence-electron chi connectivity index (χ0n) is 17.1. The van der Waals surface area contributed by atoms with E-state index in [0.29, 0.717) is 37.2 Å². The number of allylic oxidation sites excluding steroid dienone is 2. The van der Waals surface area contributed by atoms with Crippen LogP contribution in [-0.4, -0.2) is 52.6 Å². The Labute approximate surface area is 170 Å². The molecule has 1 heterocycles. The van der Waals surface area contributed by atoms with Gasteiger partial charge in [0.15, 0.2) is 0 Å². The van der Waals surface area contributed by atoms with E-state index in [1.165, 1.54) is 0 Å². The summed E-state index contributed by atoms with van der Waals surface area (Å²) in [6.07, 6.45) is 4.92. The van der Waals surface area contributed by atoms with Crippen molar-refractivity contribution in [1.29, 1.82) is 0 Å². The third-order valence-electron chi connectivity index (χ3n) is 5.76. The highest BCUT2D eigenvalue weighted by molar-refractivity contribution is 6.10. The zero-order chi connectivity index (χ0) is 21.1. The highest BCUT2D eigenvalue weighted by atomic mass is 16.2. The van der Waals surface area contributed by atoms with Gasteiger partial charge in [-0.3, -0.25) is 24.1 Å². The van der Waals surface area contributed by atoms with Gasteiger partial charge in [0.05, 0.1) is 11.8 Å². The Morgan fingerprint density at radius 2 is 1.55 bits per heavy atom. The maximum absolute atomic E-state index is 12.7. The second-order valence-electron chi connectivity index (χ2n) is 7.42. The number of amides is 4. The summed E-state index contributed by atoms with van der Waals surface area (Å²) in [6, 6.07) is 5.73. The summed E-state index contributed by atoms with van der Waals surface area (Å²) in [6.45, 7) is 6.66. The molecule has 7 nitrogen and oxygen atoms in total. The largest absolute Gasteiger partial charge is 0.339 e. The van der Waals surface area contributed by atoms with Gasteiger partial charge in [0, 0.05) is 24.3 Å². The van der Waals surface area contributed by atoms with E-state index >= 15 is 0 Å². The minimum Gasteiger partial charge on any atom is -0.339 e. The molecule has 0 unspecified atom stereocenters. The Morgan fingerprint density at radius 3 is 2.03 bits per heavy atom. The number of imide groups is 1. The molecule has 1 aromatic carbocycles. The molecule has 0 aromatic heterocycles. The molecule has 29 heavy (non-hydrogen) atoms. The molecule has 7 heteroatoms. The van der Waals surface area contributed by atoms with Crippen molar-refractivity contribution in [2.75, 3.05) is 18.4 Å². The standard InChI is InChI=1S/C22H27N3O4/c1-4-24(5-2)20(27)15-10-12-16(13-11-15)23-19(26)14(3)25-21(28)17-8-6-7-9-18(17)22(25)29/h6-7,10-14,17-18H,4-5,8-9H2,1-3H3,(H,23,26)/t14-,17-,18+/m0/s1. The van der Waals surface area contributed by atoms with E-state index in [-0.39, 0.29) is 29.6 Å². The number of hydrogen-bond donors (Lipinski definition) is 1. The summed E-state index contributed by atoms with van der Waals surface area (Å²) in [7, 11) is 0. The lowest BCUT2D eigenvalue weighted by Crippen LogP contribution is -2.46. The number of carbonyl (C=O) groups excluding carboxylic acids is 4. The van der Waals surface area contributed by atoms with Crippen molar-refractivity contribution in [2.24, 2.45) is 11.8 Å². The van der Waals surface area contributed by atoms with Crippen LogP contribution in [0.25, 0.3) is 0 Å². The number of nitrogens with one attached hydrogen (secondary N) is 1. The van der Waals surface area contributed by atoms with Gasteiger partial charge in [-0.1, -0.05) is 12.2 Å². The Bertz CT molecular complexity index is 816. The number of anilines is 1. The van der Waals surface area contributed by atoms with E-state index in [1.807, 2.05) is 26.0 Å². The van der Waals surface area contributed by atoms with Crippen molar-refractivity contribution in [3.05, 3.63) is 42.0 Å². The lowest BCUT2D eigenvalue weighted by atomic mass is 9.85. The fourth-order valence-corrected chi connectivity index (χ4v) is 3.96. The summed E-state index contributed by atoms with van der Waals surface area (Å²) < 4.78 is 0. The van der Waals surface area contributed by atoms with Crippen LogP contribution in [0.15, 0.2) is 36.4 Å². The van der Waals surface area contributed by atoms with Gasteiger partial charge in [-0.05, 0) is 57.9 Å². The molecule has 2 aliphatic rings. The second kappa shape index (κ2) is 8.59. The first-order valence-corrected chi connectivity index (χ1v) is 10.1. The third-order valence-corrected chi connectivity index (χ3v) is 5.76. The first-order chi connectivity index (χ1) is 13.9. The van der Waals surface area contributed by atoms with Gasteiger partial charge in [-0.2, -0.15) is 0 Å². The molecule has 4 amide bonds. The molecule has 1 saturated heterocycles. The number of benzene rings is 1. The van der Waals surface area contributed by atoms with Gasteiger partial charge in [0.25, 0.3) is 5.91 Å². The molecular formula is C22H27N3O4. The van der Waals surface area contributed by atoms with Crippen molar-refractivity contribution in [2.45, 2.75) is 39.7 Å². The highest BCUT2D eigenvalue weighted by Gasteiger charge is 2.50. The van der Waals surface area contributed by atoms with Crippen LogP contribution in [0.3, 0.4) is 0 Å². The van der Waals surface area contributed by atoms with E-state index in [2.05, 4.69) is 5.32 Å². The van der Waals surface area contributed by atoms with E-state index in [1.54, 1.807) is 36.1 Å². The van der Waals surface area contributed by atoms with Crippen LogP contribution in [0, 0.1) is 11.8 Å². The number of carbonyl (C=O) groups is 4. The number of fused-ring (bicyclic) bond motifs is 1. The molecule has 0 saturated carbocycles. The minimum atomic E-state index is -0.891. The van der Waals surface area contributed by atoms with E-state index in [9.17, 15) is 19.2 Å². The summed E-state index contributed by atoms with van der Waals surface area (Å²) >= 11 is 0. The van der Waals surface area contributed by atoms with Crippen molar-refractivity contribution in [3.63, 3.8) is 0 Å². The third kappa shape index (κ3) is 3.95. The summed E-state index contributed by atoms with van der Waals surface area (Å²) in [4.78, 5) is 53.1. The maximum Gasteiger partial charge on any atom is 0.253 e. The van der Waals surface area contributed by atoms with Crippen LogP contribution >= 0.6 is 0 Å². The van der Waals surface area contributed by atoms with Gasteiger partial charge in [-0.25, -0.2) is 0 Å². The molecule has 0 radical (unpaired) electrons.